The number of hydrogen-bond donors (Lipinski definition) is 3. The molecule has 0 rings (SSSR count). The van der Waals surface area contributed by atoms with Crippen molar-refractivity contribution in [2.75, 3.05) is 33.4 Å². The molecule has 15 heavy (non-hydrogen) atoms. The fourth-order valence-corrected chi connectivity index (χ4v) is 0.784. The predicted molar refractivity (Wildman–Crippen MR) is 54.5 cm³/mol. The van der Waals surface area contributed by atoms with Gasteiger partial charge in [-0.2, -0.15) is 0 Å². The number of methoxy groups -OCH3 is 1. The van der Waals surface area contributed by atoms with Gasteiger partial charge in [0.15, 0.2) is 0 Å². The first-order chi connectivity index (χ1) is 7.16. The fraction of sp³-hybridized carbons (Fsp3) is 0.556. The van der Waals surface area contributed by atoms with Gasteiger partial charge in [0.25, 0.3) is 0 Å². The SMILES string of the molecule is COCCNC(=O)CNC/C=C/C(=O)O. The minimum absolute atomic E-state index is 0.143. The molecule has 0 spiro atoms. The standard InChI is InChI=1S/C9H16N2O4/c1-15-6-5-11-8(12)7-10-4-2-3-9(13)14/h2-3,10H,4-7H2,1H3,(H,11,12)(H,13,14)/b3-2+. The molecule has 0 fully saturated rings. The lowest BCUT2D eigenvalue weighted by molar-refractivity contribution is -0.131. The second kappa shape index (κ2) is 9.17. The summed E-state index contributed by atoms with van der Waals surface area (Å²) in [4.78, 5) is 21.1. The molecular formula is C9H16N2O4. The largest absolute Gasteiger partial charge is 0.478 e. The van der Waals surface area contributed by atoms with E-state index in [1.54, 1.807) is 7.11 Å². The molecule has 0 saturated carbocycles. The number of carbonyl (C=O) groups excluding carboxylic acids is 1. The van der Waals surface area contributed by atoms with E-state index in [1.807, 2.05) is 0 Å². The Hall–Kier alpha value is -1.40. The lowest BCUT2D eigenvalue weighted by Crippen LogP contribution is -2.35. The molecule has 0 aliphatic carbocycles. The van der Waals surface area contributed by atoms with E-state index in [0.29, 0.717) is 19.7 Å². The van der Waals surface area contributed by atoms with Crippen molar-refractivity contribution in [1.82, 2.24) is 10.6 Å². The topological polar surface area (TPSA) is 87.7 Å². The average molecular weight is 216 g/mol. The van der Waals surface area contributed by atoms with Gasteiger partial charge >= 0.3 is 5.97 Å². The number of amides is 1. The van der Waals surface area contributed by atoms with Crippen molar-refractivity contribution >= 4 is 11.9 Å². The summed E-state index contributed by atoms with van der Waals surface area (Å²) in [6, 6.07) is 0. The van der Waals surface area contributed by atoms with Gasteiger partial charge in [-0.1, -0.05) is 6.08 Å². The van der Waals surface area contributed by atoms with Crippen LogP contribution in [0, 0.1) is 0 Å². The highest BCUT2D eigenvalue weighted by molar-refractivity contribution is 5.80. The molecule has 0 aromatic heterocycles. The molecule has 0 heterocycles. The average Bonchev–Trinajstić information content (AvgIpc) is 2.17. The van der Waals surface area contributed by atoms with E-state index in [9.17, 15) is 9.59 Å². The van der Waals surface area contributed by atoms with E-state index in [4.69, 9.17) is 9.84 Å². The third kappa shape index (κ3) is 10.5. The Morgan fingerprint density at radius 2 is 2.20 bits per heavy atom. The van der Waals surface area contributed by atoms with Crippen LogP contribution in [0.25, 0.3) is 0 Å². The highest BCUT2D eigenvalue weighted by Crippen LogP contribution is 1.72. The van der Waals surface area contributed by atoms with Crippen LogP contribution in [0.5, 0.6) is 0 Å². The summed E-state index contributed by atoms with van der Waals surface area (Å²) in [6.07, 6.45) is 2.46. The van der Waals surface area contributed by atoms with Crippen molar-refractivity contribution in [1.29, 1.82) is 0 Å². The number of hydrogen-bond acceptors (Lipinski definition) is 4. The van der Waals surface area contributed by atoms with Crippen LogP contribution in [-0.4, -0.2) is 50.3 Å². The predicted octanol–water partition coefficient (Wildman–Crippen LogP) is -1.02. The molecule has 0 radical (unpaired) electrons. The van der Waals surface area contributed by atoms with E-state index >= 15 is 0 Å². The summed E-state index contributed by atoms with van der Waals surface area (Å²) in [5.74, 6) is -1.14. The van der Waals surface area contributed by atoms with Crippen molar-refractivity contribution in [3.05, 3.63) is 12.2 Å². The van der Waals surface area contributed by atoms with E-state index in [-0.39, 0.29) is 12.5 Å². The Morgan fingerprint density at radius 3 is 2.80 bits per heavy atom. The maximum Gasteiger partial charge on any atom is 0.328 e. The molecule has 0 atom stereocenters. The molecule has 0 unspecified atom stereocenters. The van der Waals surface area contributed by atoms with Crippen molar-refractivity contribution in [2.24, 2.45) is 0 Å². The van der Waals surface area contributed by atoms with Gasteiger partial charge in [0, 0.05) is 26.3 Å². The number of rotatable bonds is 8. The summed E-state index contributed by atoms with van der Waals surface area (Å²) in [7, 11) is 1.56. The lowest BCUT2D eigenvalue weighted by atomic mass is 10.4. The third-order valence-electron chi connectivity index (χ3n) is 1.44. The van der Waals surface area contributed by atoms with Crippen molar-refractivity contribution < 1.29 is 19.4 Å². The zero-order valence-corrected chi connectivity index (χ0v) is 8.66. The molecule has 3 N–H and O–H groups in total. The van der Waals surface area contributed by atoms with Crippen LogP contribution in [0.1, 0.15) is 0 Å². The van der Waals surface area contributed by atoms with Crippen LogP contribution in [0.15, 0.2) is 12.2 Å². The van der Waals surface area contributed by atoms with E-state index in [2.05, 4.69) is 10.6 Å². The maximum absolute atomic E-state index is 11.0. The Balaban J connectivity index is 3.35. The first-order valence-electron chi connectivity index (χ1n) is 4.52. The molecule has 0 aromatic carbocycles. The molecule has 6 heteroatoms. The van der Waals surface area contributed by atoms with Crippen LogP contribution in [-0.2, 0) is 14.3 Å². The Bertz CT molecular complexity index is 228. The van der Waals surface area contributed by atoms with Crippen LogP contribution in [0.2, 0.25) is 0 Å². The van der Waals surface area contributed by atoms with Gasteiger partial charge < -0.3 is 20.5 Å². The molecule has 6 nitrogen and oxygen atoms in total. The summed E-state index contributed by atoms with van der Waals surface area (Å²) < 4.78 is 4.75. The normalized spacial score (nSPS) is 10.5. The van der Waals surface area contributed by atoms with E-state index in [0.717, 1.165) is 6.08 Å². The number of carbonyl (C=O) groups is 2. The summed E-state index contributed by atoms with van der Waals surface area (Å²) in [5.41, 5.74) is 0. The summed E-state index contributed by atoms with van der Waals surface area (Å²) in [6.45, 7) is 1.46. The summed E-state index contributed by atoms with van der Waals surface area (Å²) in [5, 5.41) is 13.6. The first-order valence-corrected chi connectivity index (χ1v) is 4.52. The van der Waals surface area contributed by atoms with Crippen LogP contribution in [0.4, 0.5) is 0 Å². The third-order valence-corrected chi connectivity index (χ3v) is 1.44. The van der Waals surface area contributed by atoms with E-state index in [1.165, 1.54) is 6.08 Å². The van der Waals surface area contributed by atoms with Crippen LogP contribution >= 0.6 is 0 Å². The second-order valence-corrected chi connectivity index (χ2v) is 2.71. The number of carboxylic acid groups (broad SMARTS) is 1. The maximum atomic E-state index is 11.0. The minimum Gasteiger partial charge on any atom is -0.478 e. The van der Waals surface area contributed by atoms with E-state index < -0.39 is 5.97 Å². The number of carboxylic acids is 1. The molecule has 0 aromatic rings. The monoisotopic (exact) mass is 216 g/mol. The zero-order valence-electron chi connectivity index (χ0n) is 8.66. The molecular weight excluding hydrogens is 200 g/mol. The quantitative estimate of drug-likeness (QED) is 0.357. The van der Waals surface area contributed by atoms with Crippen molar-refractivity contribution in [3.63, 3.8) is 0 Å². The Kier molecular flexibility index (Phi) is 8.31. The Labute approximate surface area is 88.3 Å². The van der Waals surface area contributed by atoms with Crippen LogP contribution < -0.4 is 10.6 Å². The smallest absolute Gasteiger partial charge is 0.328 e. The fourth-order valence-electron chi connectivity index (χ4n) is 0.784. The molecule has 0 aliphatic heterocycles. The summed E-state index contributed by atoms with van der Waals surface area (Å²) >= 11 is 0. The lowest BCUT2D eigenvalue weighted by Gasteiger charge is -2.04. The zero-order chi connectivity index (χ0) is 11.5. The van der Waals surface area contributed by atoms with Gasteiger partial charge in [-0.15, -0.1) is 0 Å². The van der Waals surface area contributed by atoms with Gasteiger partial charge in [0.1, 0.15) is 0 Å². The molecule has 0 bridgehead atoms. The molecule has 86 valence electrons. The number of aliphatic carboxylic acids is 1. The highest BCUT2D eigenvalue weighted by Gasteiger charge is 1.97. The second-order valence-electron chi connectivity index (χ2n) is 2.71. The van der Waals surface area contributed by atoms with Gasteiger partial charge in [0.05, 0.1) is 13.2 Å². The molecule has 0 saturated heterocycles. The molecule has 1 amide bonds. The van der Waals surface area contributed by atoms with Crippen LogP contribution in [0.3, 0.4) is 0 Å². The minimum atomic E-state index is -0.999. The van der Waals surface area contributed by atoms with Crippen molar-refractivity contribution in [2.45, 2.75) is 0 Å². The highest BCUT2D eigenvalue weighted by atomic mass is 16.5. The van der Waals surface area contributed by atoms with Gasteiger partial charge in [-0.05, 0) is 0 Å². The van der Waals surface area contributed by atoms with Gasteiger partial charge in [-0.25, -0.2) is 4.79 Å². The Morgan fingerprint density at radius 1 is 1.47 bits per heavy atom. The molecule has 0 aliphatic rings. The van der Waals surface area contributed by atoms with Gasteiger partial charge in [-0.3, -0.25) is 4.79 Å². The van der Waals surface area contributed by atoms with Gasteiger partial charge in [0.2, 0.25) is 5.91 Å². The first kappa shape index (κ1) is 13.6. The number of nitrogens with one attached hydrogen (secondary N) is 2. The number of ether oxygens (including phenoxy) is 1. The van der Waals surface area contributed by atoms with Crippen molar-refractivity contribution in [3.8, 4) is 0 Å².